The molecule has 0 aliphatic heterocycles. The van der Waals surface area contributed by atoms with E-state index in [1.54, 1.807) is 0 Å². The molecule has 1 nitrogen and oxygen atoms in total. The van der Waals surface area contributed by atoms with E-state index in [1.165, 1.54) is 16.3 Å². The molecule has 0 fully saturated rings. The molecule has 0 amide bonds. The maximum absolute atomic E-state index is 5.82. The van der Waals surface area contributed by atoms with Crippen molar-refractivity contribution < 1.29 is 0 Å². The van der Waals surface area contributed by atoms with Gasteiger partial charge in [-0.2, -0.15) is 0 Å². The lowest BCUT2D eigenvalue weighted by Crippen LogP contribution is -2.29. The largest absolute Gasteiger partial charge is 0.316 e. The van der Waals surface area contributed by atoms with Crippen LogP contribution < -0.4 is 5.73 Å². The molecule has 2 aromatic rings. The smallest absolute Gasteiger partial charge is 0.0722 e. The van der Waals surface area contributed by atoms with Crippen molar-refractivity contribution in [1.29, 1.82) is 0 Å². The van der Waals surface area contributed by atoms with Crippen LogP contribution in [-0.2, 0) is 6.42 Å². The summed E-state index contributed by atoms with van der Waals surface area (Å²) < 4.78 is 0. The zero-order valence-electron chi connectivity index (χ0n) is 13.8. The average molecular weight is 291 g/mol. The van der Waals surface area contributed by atoms with Crippen LogP contribution >= 0.6 is 0 Å². The van der Waals surface area contributed by atoms with Crippen LogP contribution in [-0.4, -0.2) is 5.54 Å². The van der Waals surface area contributed by atoms with E-state index in [-0.39, 0.29) is 0 Å². The van der Waals surface area contributed by atoms with Crippen molar-refractivity contribution in [2.75, 3.05) is 0 Å². The van der Waals surface area contributed by atoms with Crippen LogP contribution in [0.4, 0.5) is 0 Å². The molecule has 0 heterocycles. The van der Waals surface area contributed by atoms with Crippen molar-refractivity contribution in [1.82, 2.24) is 0 Å². The molecule has 0 saturated carbocycles. The standard InChI is InChI=1S/C21H25N/c1-17(10-5-4-8-15-21(2,3)22)16-19-13-9-12-18-11-6-7-14-20(18)19/h4-7,9,11-14,17H,10,16,22H2,1-3H3/b5-4+. The Kier molecular flexibility index (Phi) is 5.41. The van der Waals surface area contributed by atoms with Gasteiger partial charge in [0.05, 0.1) is 5.54 Å². The third-order valence-corrected chi connectivity index (χ3v) is 3.58. The molecule has 1 atom stereocenters. The first-order chi connectivity index (χ1) is 10.5. The van der Waals surface area contributed by atoms with Gasteiger partial charge in [0.2, 0.25) is 0 Å². The molecule has 0 saturated heterocycles. The number of fused-ring (bicyclic) bond motifs is 1. The molecule has 1 unspecified atom stereocenters. The van der Waals surface area contributed by atoms with Crippen molar-refractivity contribution in [3.05, 3.63) is 60.2 Å². The molecule has 0 bridgehead atoms. The maximum atomic E-state index is 5.82. The summed E-state index contributed by atoms with van der Waals surface area (Å²) in [7, 11) is 0. The average Bonchev–Trinajstić information content (AvgIpc) is 2.46. The summed E-state index contributed by atoms with van der Waals surface area (Å²) in [6, 6.07) is 15.1. The Hall–Kier alpha value is -2.04. The van der Waals surface area contributed by atoms with Gasteiger partial charge in [-0.05, 0) is 55.0 Å². The van der Waals surface area contributed by atoms with Gasteiger partial charge in [0.25, 0.3) is 0 Å². The predicted octanol–water partition coefficient (Wildman–Crippen LogP) is 4.71. The molecule has 0 radical (unpaired) electrons. The van der Waals surface area contributed by atoms with Crippen LogP contribution in [0, 0.1) is 17.8 Å². The van der Waals surface area contributed by atoms with E-state index in [1.807, 2.05) is 19.9 Å². The molecule has 0 aromatic heterocycles. The number of benzene rings is 2. The molecular weight excluding hydrogens is 266 g/mol. The summed E-state index contributed by atoms with van der Waals surface area (Å²) in [6.07, 6.45) is 6.19. The second-order valence-corrected chi connectivity index (χ2v) is 6.58. The van der Waals surface area contributed by atoms with Gasteiger partial charge in [0.15, 0.2) is 0 Å². The highest BCUT2D eigenvalue weighted by molar-refractivity contribution is 5.85. The summed E-state index contributed by atoms with van der Waals surface area (Å²) in [4.78, 5) is 0. The molecule has 2 N–H and O–H groups in total. The van der Waals surface area contributed by atoms with Gasteiger partial charge < -0.3 is 5.73 Å². The fourth-order valence-corrected chi connectivity index (χ4v) is 2.52. The topological polar surface area (TPSA) is 26.0 Å². The Morgan fingerprint density at radius 2 is 1.86 bits per heavy atom. The van der Waals surface area contributed by atoms with Crippen molar-refractivity contribution in [3.63, 3.8) is 0 Å². The van der Waals surface area contributed by atoms with Gasteiger partial charge in [-0.15, -0.1) is 0 Å². The maximum Gasteiger partial charge on any atom is 0.0722 e. The van der Waals surface area contributed by atoms with Gasteiger partial charge in [0, 0.05) is 0 Å². The minimum atomic E-state index is -0.418. The Labute approximate surface area is 134 Å². The molecule has 0 spiro atoms. The van der Waals surface area contributed by atoms with E-state index in [0.29, 0.717) is 5.92 Å². The first-order valence-electron chi connectivity index (χ1n) is 7.89. The molecule has 114 valence electrons. The highest BCUT2D eigenvalue weighted by atomic mass is 14.7. The number of hydrogen-bond acceptors (Lipinski definition) is 1. The minimum absolute atomic E-state index is 0.418. The van der Waals surface area contributed by atoms with Crippen LogP contribution in [0.3, 0.4) is 0 Å². The Morgan fingerprint density at radius 1 is 1.14 bits per heavy atom. The van der Waals surface area contributed by atoms with E-state index < -0.39 is 5.54 Å². The van der Waals surface area contributed by atoms with E-state index >= 15 is 0 Å². The molecule has 2 aromatic carbocycles. The number of hydrogen-bond donors (Lipinski definition) is 1. The number of rotatable bonds is 4. The lowest BCUT2D eigenvalue weighted by atomic mass is 9.94. The third kappa shape index (κ3) is 5.06. The Balaban J connectivity index is 1.98. The van der Waals surface area contributed by atoms with Crippen molar-refractivity contribution in [3.8, 4) is 11.8 Å². The van der Waals surface area contributed by atoms with E-state index in [2.05, 4.69) is 67.3 Å². The summed E-state index contributed by atoms with van der Waals surface area (Å²) in [5, 5.41) is 2.68. The normalized spacial score (nSPS) is 13.1. The minimum Gasteiger partial charge on any atom is -0.316 e. The fourth-order valence-electron chi connectivity index (χ4n) is 2.52. The quantitative estimate of drug-likeness (QED) is 0.811. The molecule has 0 aliphatic carbocycles. The number of allylic oxidation sites excluding steroid dienone is 2. The Bertz CT molecular complexity index is 702. The molecule has 2 rings (SSSR count). The lowest BCUT2D eigenvalue weighted by Gasteiger charge is -2.11. The van der Waals surface area contributed by atoms with Gasteiger partial charge in [-0.1, -0.05) is 67.3 Å². The van der Waals surface area contributed by atoms with Gasteiger partial charge in [0.1, 0.15) is 0 Å². The molecule has 0 aliphatic rings. The predicted molar refractivity (Wildman–Crippen MR) is 96.6 cm³/mol. The first-order valence-corrected chi connectivity index (χ1v) is 7.89. The zero-order valence-corrected chi connectivity index (χ0v) is 13.8. The van der Waals surface area contributed by atoms with Crippen molar-refractivity contribution in [2.24, 2.45) is 11.7 Å². The second kappa shape index (κ2) is 7.29. The fraction of sp³-hybridized carbons (Fsp3) is 0.333. The van der Waals surface area contributed by atoms with Gasteiger partial charge in [-0.25, -0.2) is 0 Å². The van der Waals surface area contributed by atoms with Crippen LogP contribution in [0.25, 0.3) is 10.8 Å². The van der Waals surface area contributed by atoms with E-state index in [0.717, 1.165) is 12.8 Å². The summed E-state index contributed by atoms with van der Waals surface area (Å²) in [6.45, 7) is 6.11. The highest BCUT2D eigenvalue weighted by Crippen LogP contribution is 2.22. The summed E-state index contributed by atoms with van der Waals surface area (Å²) in [5.41, 5.74) is 6.83. The zero-order chi connectivity index (χ0) is 16.0. The SMILES string of the molecule is CC(C/C=C/C#CC(C)(C)N)Cc1cccc2ccccc12. The number of nitrogens with two attached hydrogens (primary N) is 1. The monoisotopic (exact) mass is 291 g/mol. The van der Waals surface area contributed by atoms with Gasteiger partial charge >= 0.3 is 0 Å². The van der Waals surface area contributed by atoms with Gasteiger partial charge in [-0.3, -0.25) is 0 Å². The van der Waals surface area contributed by atoms with E-state index in [4.69, 9.17) is 5.73 Å². The first kappa shape index (κ1) is 16.3. The van der Waals surface area contributed by atoms with Crippen LogP contribution in [0.2, 0.25) is 0 Å². The molecule has 1 heteroatoms. The third-order valence-electron chi connectivity index (χ3n) is 3.58. The Morgan fingerprint density at radius 3 is 2.64 bits per heavy atom. The second-order valence-electron chi connectivity index (χ2n) is 6.58. The lowest BCUT2D eigenvalue weighted by molar-refractivity contribution is 0.592. The van der Waals surface area contributed by atoms with Crippen LogP contribution in [0.15, 0.2) is 54.6 Å². The summed E-state index contributed by atoms with van der Waals surface area (Å²) in [5.74, 6) is 6.62. The summed E-state index contributed by atoms with van der Waals surface area (Å²) >= 11 is 0. The highest BCUT2D eigenvalue weighted by Gasteiger charge is 2.05. The van der Waals surface area contributed by atoms with Crippen LogP contribution in [0.5, 0.6) is 0 Å². The van der Waals surface area contributed by atoms with Crippen molar-refractivity contribution in [2.45, 2.75) is 39.2 Å². The molecule has 22 heavy (non-hydrogen) atoms. The molecular formula is C21H25N. The van der Waals surface area contributed by atoms with Crippen LogP contribution in [0.1, 0.15) is 32.8 Å². The van der Waals surface area contributed by atoms with E-state index in [9.17, 15) is 0 Å². The van der Waals surface area contributed by atoms with Crippen molar-refractivity contribution >= 4 is 10.8 Å².